The molecule has 0 saturated carbocycles. The van der Waals surface area contributed by atoms with Crippen LogP contribution in [-0.4, -0.2) is 16.1 Å². The van der Waals surface area contributed by atoms with E-state index in [4.69, 9.17) is 5.11 Å². The first-order chi connectivity index (χ1) is 9.11. The highest BCUT2D eigenvalue weighted by Gasteiger charge is 2.14. The Hall–Kier alpha value is -1.24. The predicted molar refractivity (Wildman–Crippen MR) is 78.0 cm³/mol. The van der Waals surface area contributed by atoms with Crippen LogP contribution in [0.1, 0.15) is 44.5 Å². The normalized spacial score (nSPS) is 12.5. The van der Waals surface area contributed by atoms with Crippen molar-refractivity contribution in [3.05, 3.63) is 38.0 Å². The molecule has 0 aliphatic heterocycles. The molecule has 2 N–H and O–H groups in total. The van der Waals surface area contributed by atoms with Crippen LogP contribution < -0.4 is 5.32 Å². The molecular formula is C13H16N2O2S2. The molecule has 0 amide bonds. The van der Waals surface area contributed by atoms with Gasteiger partial charge in [-0.2, -0.15) is 0 Å². The molecule has 0 radical (unpaired) electrons. The van der Waals surface area contributed by atoms with Gasteiger partial charge in [0.05, 0.1) is 6.04 Å². The fourth-order valence-electron chi connectivity index (χ4n) is 1.85. The number of thiazole rings is 1. The topological polar surface area (TPSA) is 62.2 Å². The van der Waals surface area contributed by atoms with E-state index in [2.05, 4.69) is 17.2 Å². The van der Waals surface area contributed by atoms with E-state index in [-0.39, 0.29) is 6.04 Å². The van der Waals surface area contributed by atoms with Crippen molar-refractivity contribution in [2.75, 3.05) is 0 Å². The first-order valence-corrected chi connectivity index (χ1v) is 7.76. The number of aromatic nitrogens is 1. The van der Waals surface area contributed by atoms with E-state index in [0.717, 1.165) is 21.9 Å². The molecule has 1 unspecified atom stereocenters. The monoisotopic (exact) mass is 296 g/mol. The molecule has 2 aromatic heterocycles. The van der Waals surface area contributed by atoms with Gasteiger partial charge in [0.25, 0.3) is 0 Å². The Labute approximate surface area is 120 Å². The molecule has 1 atom stereocenters. The van der Waals surface area contributed by atoms with Crippen molar-refractivity contribution in [3.63, 3.8) is 0 Å². The van der Waals surface area contributed by atoms with Crippen LogP contribution in [0.4, 0.5) is 0 Å². The molecule has 0 bridgehead atoms. The summed E-state index contributed by atoms with van der Waals surface area (Å²) in [6.07, 6.45) is 2.77. The van der Waals surface area contributed by atoms with Gasteiger partial charge in [0.15, 0.2) is 0 Å². The number of thiophene rings is 1. The van der Waals surface area contributed by atoms with E-state index >= 15 is 0 Å². The highest BCUT2D eigenvalue weighted by atomic mass is 32.1. The number of aromatic carboxylic acids is 1. The number of nitrogens with zero attached hydrogens (tertiary/aromatic N) is 1. The Kier molecular flexibility index (Phi) is 4.68. The molecule has 4 nitrogen and oxygen atoms in total. The fraction of sp³-hybridized carbons (Fsp3) is 0.385. The van der Waals surface area contributed by atoms with Crippen LogP contribution >= 0.6 is 22.7 Å². The third-order valence-electron chi connectivity index (χ3n) is 2.93. The van der Waals surface area contributed by atoms with Crippen molar-refractivity contribution >= 4 is 28.6 Å². The molecule has 2 heterocycles. The largest absolute Gasteiger partial charge is 0.477 e. The van der Waals surface area contributed by atoms with Crippen molar-refractivity contribution in [2.24, 2.45) is 0 Å². The fourth-order valence-corrected chi connectivity index (χ4v) is 3.52. The summed E-state index contributed by atoms with van der Waals surface area (Å²) in [4.78, 5) is 16.7. The SMILES string of the molecule is CCC(NCc1cc(C(=O)O)sc1C)c1nccs1. The second-order valence-electron chi connectivity index (χ2n) is 4.21. The van der Waals surface area contributed by atoms with Crippen LogP contribution in [0.2, 0.25) is 0 Å². The lowest BCUT2D eigenvalue weighted by Gasteiger charge is -2.14. The zero-order valence-corrected chi connectivity index (χ0v) is 12.5. The third-order valence-corrected chi connectivity index (χ3v) is 4.90. The van der Waals surface area contributed by atoms with Crippen molar-refractivity contribution in [3.8, 4) is 0 Å². The summed E-state index contributed by atoms with van der Waals surface area (Å²) in [7, 11) is 0. The van der Waals surface area contributed by atoms with Crippen molar-refractivity contribution in [2.45, 2.75) is 32.9 Å². The van der Waals surface area contributed by atoms with Crippen LogP contribution in [0, 0.1) is 6.92 Å². The molecular weight excluding hydrogens is 280 g/mol. The van der Waals surface area contributed by atoms with Crippen molar-refractivity contribution in [1.82, 2.24) is 10.3 Å². The van der Waals surface area contributed by atoms with Crippen LogP contribution in [0.5, 0.6) is 0 Å². The summed E-state index contributed by atoms with van der Waals surface area (Å²) in [6, 6.07) is 1.98. The molecule has 19 heavy (non-hydrogen) atoms. The molecule has 6 heteroatoms. The number of hydrogen-bond donors (Lipinski definition) is 2. The number of carbonyl (C=O) groups is 1. The van der Waals surface area contributed by atoms with Gasteiger partial charge in [0.2, 0.25) is 0 Å². The lowest BCUT2D eigenvalue weighted by molar-refractivity contribution is 0.0702. The van der Waals surface area contributed by atoms with Gasteiger partial charge in [-0.3, -0.25) is 0 Å². The van der Waals surface area contributed by atoms with Crippen LogP contribution in [-0.2, 0) is 6.54 Å². The van der Waals surface area contributed by atoms with Crippen LogP contribution in [0.25, 0.3) is 0 Å². The predicted octanol–water partition coefficient (Wildman–Crippen LogP) is 3.45. The maximum Gasteiger partial charge on any atom is 0.345 e. The smallest absolute Gasteiger partial charge is 0.345 e. The van der Waals surface area contributed by atoms with Gasteiger partial charge >= 0.3 is 5.97 Å². The Morgan fingerprint density at radius 2 is 2.37 bits per heavy atom. The average Bonchev–Trinajstić information content (AvgIpc) is 3.00. The van der Waals surface area contributed by atoms with E-state index in [0.29, 0.717) is 11.4 Å². The summed E-state index contributed by atoms with van der Waals surface area (Å²) in [6.45, 7) is 4.74. The van der Waals surface area contributed by atoms with E-state index < -0.39 is 5.97 Å². The third kappa shape index (κ3) is 3.40. The molecule has 2 aromatic rings. The number of nitrogens with one attached hydrogen (secondary N) is 1. The highest BCUT2D eigenvalue weighted by molar-refractivity contribution is 7.14. The minimum absolute atomic E-state index is 0.229. The minimum atomic E-state index is -0.855. The van der Waals surface area contributed by atoms with Gasteiger partial charge in [-0.05, 0) is 25.0 Å². The van der Waals surface area contributed by atoms with Crippen LogP contribution in [0.3, 0.4) is 0 Å². The molecule has 0 fully saturated rings. The first kappa shape index (κ1) is 14.2. The molecule has 0 saturated heterocycles. The van der Waals surface area contributed by atoms with E-state index in [1.807, 2.05) is 18.5 Å². The van der Waals surface area contributed by atoms with Crippen molar-refractivity contribution in [1.29, 1.82) is 0 Å². The Bertz CT molecular complexity index is 549. The summed E-state index contributed by atoms with van der Waals surface area (Å²) < 4.78 is 0. The van der Waals surface area contributed by atoms with Crippen LogP contribution in [0.15, 0.2) is 17.6 Å². The second kappa shape index (κ2) is 6.27. The summed E-state index contributed by atoms with van der Waals surface area (Å²) in [5.41, 5.74) is 1.05. The Balaban J connectivity index is 2.03. The zero-order chi connectivity index (χ0) is 13.8. The quantitative estimate of drug-likeness (QED) is 0.857. The molecule has 102 valence electrons. The van der Waals surface area contributed by atoms with Gasteiger partial charge < -0.3 is 10.4 Å². The van der Waals surface area contributed by atoms with Gasteiger partial charge in [-0.15, -0.1) is 22.7 Å². The molecule has 0 spiro atoms. The van der Waals surface area contributed by atoms with Gasteiger partial charge in [-0.25, -0.2) is 9.78 Å². The van der Waals surface area contributed by atoms with E-state index in [1.165, 1.54) is 11.3 Å². The Morgan fingerprint density at radius 1 is 1.58 bits per heavy atom. The molecule has 0 aromatic carbocycles. The molecule has 2 rings (SSSR count). The number of carboxylic acids is 1. The average molecular weight is 296 g/mol. The standard InChI is InChI=1S/C13H16N2O2S2/c1-3-10(12-14-4-5-18-12)15-7-9-6-11(13(16)17)19-8(9)2/h4-6,10,15H,3,7H2,1-2H3,(H,16,17). The zero-order valence-electron chi connectivity index (χ0n) is 10.8. The lowest BCUT2D eigenvalue weighted by atomic mass is 10.2. The first-order valence-electron chi connectivity index (χ1n) is 6.07. The maximum absolute atomic E-state index is 10.9. The Morgan fingerprint density at radius 3 is 2.89 bits per heavy atom. The lowest BCUT2D eigenvalue weighted by Crippen LogP contribution is -2.20. The van der Waals surface area contributed by atoms with Gasteiger partial charge in [-0.1, -0.05) is 6.92 Å². The van der Waals surface area contributed by atoms with E-state index in [1.54, 1.807) is 17.4 Å². The summed E-state index contributed by atoms with van der Waals surface area (Å²) in [5, 5.41) is 15.5. The molecule has 0 aliphatic rings. The number of rotatable bonds is 6. The molecule has 0 aliphatic carbocycles. The maximum atomic E-state index is 10.9. The number of aryl methyl sites for hydroxylation is 1. The summed E-state index contributed by atoms with van der Waals surface area (Å²) >= 11 is 2.97. The summed E-state index contributed by atoms with van der Waals surface area (Å²) in [5.74, 6) is -0.855. The van der Waals surface area contributed by atoms with E-state index in [9.17, 15) is 4.79 Å². The van der Waals surface area contributed by atoms with Crippen molar-refractivity contribution < 1.29 is 9.90 Å². The number of carboxylic acid groups (broad SMARTS) is 1. The van der Waals surface area contributed by atoms with Gasteiger partial charge in [0.1, 0.15) is 9.88 Å². The number of hydrogen-bond acceptors (Lipinski definition) is 5. The highest BCUT2D eigenvalue weighted by Crippen LogP contribution is 2.24. The van der Waals surface area contributed by atoms with Gasteiger partial charge in [0, 0.05) is 23.0 Å². The minimum Gasteiger partial charge on any atom is -0.477 e. The second-order valence-corrected chi connectivity index (χ2v) is 6.39.